The molecule has 4 aromatic rings. The second kappa shape index (κ2) is 9.10. The summed E-state index contributed by atoms with van der Waals surface area (Å²) in [6.45, 7) is 4.26. The fourth-order valence-electron chi connectivity index (χ4n) is 4.36. The number of hydrogen-bond donors (Lipinski definition) is 2. The molecule has 3 N–H and O–H groups in total. The third-order valence-electron chi connectivity index (χ3n) is 6.01. The number of ether oxygens (including phenoxy) is 1. The lowest BCUT2D eigenvalue weighted by molar-refractivity contribution is 0.387. The van der Waals surface area contributed by atoms with Crippen LogP contribution in [0, 0.1) is 6.92 Å². The molecule has 0 atom stereocenters. The summed E-state index contributed by atoms with van der Waals surface area (Å²) in [6, 6.07) is 2.11. The van der Waals surface area contributed by atoms with E-state index >= 15 is 0 Å². The van der Waals surface area contributed by atoms with Gasteiger partial charge >= 0.3 is 0 Å². The number of fused-ring (bicyclic) bond motifs is 1. The fraction of sp³-hybridized carbons (Fsp3) is 0.455. The van der Waals surface area contributed by atoms with Crippen LogP contribution in [0.15, 0.2) is 23.0 Å². The van der Waals surface area contributed by atoms with Gasteiger partial charge in [-0.15, -0.1) is 0 Å². The predicted octanol–water partition coefficient (Wildman–Crippen LogP) is 1.80. The van der Waals surface area contributed by atoms with Crippen molar-refractivity contribution in [2.45, 2.75) is 45.1 Å². The number of methoxy groups -OCH3 is 1. The average molecular weight is 450 g/mol. The predicted molar refractivity (Wildman–Crippen MR) is 121 cm³/mol. The van der Waals surface area contributed by atoms with E-state index in [4.69, 9.17) is 20.0 Å². The molecule has 0 aromatic carbocycles. The number of aryl methyl sites for hydroxylation is 3. The number of rotatable bonds is 7. The summed E-state index contributed by atoms with van der Waals surface area (Å²) < 4.78 is 12.6. The summed E-state index contributed by atoms with van der Waals surface area (Å²) in [5, 5.41) is 11.9. The number of nitrogen functional groups attached to an aromatic ring is 1. The fourth-order valence-corrected chi connectivity index (χ4v) is 4.36. The number of hydrogen-bond acceptors (Lipinski definition) is 10. The van der Waals surface area contributed by atoms with Gasteiger partial charge in [-0.2, -0.15) is 10.1 Å². The highest BCUT2D eigenvalue weighted by Gasteiger charge is 2.19. The van der Waals surface area contributed by atoms with Crippen LogP contribution in [0.4, 0.5) is 5.95 Å². The van der Waals surface area contributed by atoms with Gasteiger partial charge in [0.2, 0.25) is 11.8 Å². The van der Waals surface area contributed by atoms with E-state index in [1.54, 1.807) is 20.2 Å². The van der Waals surface area contributed by atoms with Crippen molar-refractivity contribution in [1.29, 1.82) is 0 Å². The number of anilines is 1. The summed E-state index contributed by atoms with van der Waals surface area (Å²) >= 11 is 0. The van der Waals surface area contributed by atoms with Crippen LogP contribution in [0.5, 0.6) is 5.75 Å². The van der Waals surface area contributed by atoms with Crippen LogP contribution in [-0.4, -0.2) is 55.1 Å². The maximum absolute atomic E-state index is 5.95. The highest BCUT2D eigenvalue weighted by atomic mass is 16.5. The maximum atomic E-state index is 5.95. The summed E-state index contributed by atoms with van der Waals surface area (Å²) in [5.74, 6) is 2.64. The zero-order chi connectivity index (χ0) is 22.8. The first-order valence-electron chi connectivity index (χ1n) is 11.1. The van der Waals surface area contributed by atoms with Gasteiger partial charge in [0.15, 0.2) is 5.82 Å². The van der Waals surface area contributed by atoms with Gasteiger partial charge in [0.1, 0.15) is 22.5 Å². The Morgan fingerprint density at radius 3 is 2.76 bits per heavy atom. The van der Waals surface area contributed by atoms with Gasteiger partial charge in [0.25, 0.3) is 0 Å². The van der Waals surface area contributed by atoms with Crippen molar-refractivity contribution in [3.8, 4) is 5.75 Å². The molecule has 1 fully saturated rings. The highest BCUT2D eigenvalue weighted by Crippen LogP contribution is 2.29. The summed E-state index contributed by atoms with van der Waals surface area (Å²) in [4.78, 5) is 17.8. The Morgan fingerprint density at radius 2 is 2.00 bits per heavy atom. The molecule has 5 heterocycles. The quantitative estimate of drug-likeness (QED) is 0.429. The normalized spacial score (nSPS) is 14.7. The van der Waals surface area contributed by atoms with E-state index < -0.39 is 0 Å². The molecule has 1 saturated heterocycles. The molecule has 0 saturated carbocycles. The van der Waals surface area contributed by atoms with Gasteiger partial charge < -0.3 is 20.3 Å². The summed E-state index contributed by atoms with van der Waals surface area (Å²) in [6.07, 6.45) is 7.03. The first-order valence-corrected chi connectivity index (χ1v) is 11.1. The SMILES string of the molecule is COc1cc(C2CCNCC2)cnc1Cn1ncc2nc(N)nc(CCc3noc(C)n3)c21. The number of nitrogens with one attached hydrogen (secondary N) is 1. The first-order chi connectivity index (χ1) is 16.1. The van der Waals surface area contributed by atoms with E-state index in [2.05, 4.69) is 36.6 Å². The Morgan fingerprint density at radius 1 is 1.15 bits per heavy atom. The summed E-state index contributed by atoms with van der Waals surface area (Å²) in [7, 11) is 1.68. The molecule has 33 heavy (non-hydrogen) atoms. The van der Waals surface area contributed by atoms with Crippen LogP contribution in [0.25, 0.3) is 11.0 Å². The van der Waals surface area contributed by atoms with Crippen molar-refractivity contribution >= 4 is 17.0 Å². The van der Waals surface area contributed by atoms with Crippen molar-refractivity contribution in [3.05, 3.63) is 47.1 Å². The lowest BCUT2D eigenvalue weighted by atomic mass is 9.91. The molecule has 0 unspecified atom stereocenters. The largest absolute Gasteiger partial charge is 0.495 e. The number of pyridine rings is 1. The van der Waals surface area contributed by atoms with Gasteiger partial charge in [-0.3, -0.25) is 9.67 Å². The van der Waals surface area contributed by atoms with Crippen LogP contribution in [-0.2, 0) is 19.4 Å². The maximum Gasteiger partial charge on any atom is 0.223 e. The number of nitrogens with two attached hydrogens (primary N) is 1. The summed E-state index contributed by atoms with van der Waals surface area (Å²) in [5.41, 5.74) is 10.2. The van der Waals surface area contributed by atoms with Gasteiger partial charge in [-0.25, -0.2) is 9.97 Å². The van der Waals surface area contributed by atoms with Crippen molar-refractivity contribution in [1.82, 2.24) is 40.2 Å². The van der Waals surface area contributed by atoms with E-state index in [0.29, 0.717) is 42.5 Å². The molecule has 0 radical (unpaired) electrons. The first kappa shape index (κ1) is 21.3. The van der Waals surface area contributed by atoms with Crippen molar-refractivity contribution in [2.75, 3.05) is 25.9 Å². The van der Waals surface area contributed by atoms with E-state index in [0.717, 1.165) is 48.6 Å². The number of piperidine rings is 1. The molecule has 0 spiro atoms. The van der Waals surface area contributed by atoms with Gasteiger partial charge in [0.05, 0.1) is 25.5 Å². The Kier molecular flexibility index (Phi) is 5.86. The van der Waals surface area contributed by atoms with Crippen LogP contribution in [0.1, 0.15) is 47.4 Å². The second-order valence-electron chi connectivity index (χ2n) is 8.24. The highest BCUT2D eigenvalue weighted by molar-refractivity contribution is 5.77. The monoisotopic (exact) mass is 449 g/mol. The second-order valence-corrected chi connectivity index (χ2v) is 8.24. The molecule has 1 aliphatic rings. The standard InChI is InChI=1S/C22H27N9O2/c1-13-27-20(30-33-13)4-3-16-21-17(29-22(23)28-16)11-26-31(21)12-18-19(32-2)9-15(10-25-18)14-5-7-24-8-6-14/h9-11,14,24H,3-8,12H2,1-2H3,(H2,23,28,29). The third-order valence-corrected chi connectivity index (χ3v) is 6.01. The van der Waals surface area contributed by atoms with Crippen LogP contribution in [0.2, 0.25) is 0 Å². The van der Waals surface area contributed by atoms with Crippen LogP contribution in [0.3, 0.4) is 0 Å². The zero-order valence-electron chi connectivity index (χ0n) is 18.8. The van der Waals surface area contributed by atoms with Gasteiger partial charge in [0, 0.05) is 19.5 Å². The molecule has 4 aromatic heterocycles. The lowest BCUT2D eigenvalue weighted by Gasteiger charge is -2.23. The molecule has 0 aliphatic carbocycles. The van der Waals surface area contributed by atoms with Gasteiger partial charge in [-0.1, -0.05) is 5.16 Å². The van der Waals surface area contributed by atoms with E-state index in [9.17, 15) is 0 Å². The third kappa shape index (κ3) is 4.49. The Labute approximate surface area is 190 Å². The van der Waals surface area contributed by atoms with Crippen LogP contribution >= 0.6 is 0 Å². The molecular weight excluding hydrogens is 422 g/mol. The average Bonchev–Trinajstić information content (AvgIpc) is 3.44. The van der Waals surface area contributed by atoms with E-state index in [1.165, 1.54) is 5.56 Å². The molecule has 0 amide bonds. The smallest absolute Gasteiger partial charge is 0.223 e. The van der Waals surface area contributed by atoms with Gasteiger partial charge in [-0.05, 0) is 49.9 Å². The van der Waals surface area contributed by atoms with E-state index in [-0.39, 0.29) is 5.95 Å². The van der Waals surface area contributed by atoms with Crippen molar-refractivity contribution in [3.63, 3.8) is 0 Å². The minimum absolute atomic E-state index is 0.211. The Balaban J connectivity index is 1.43. The number of nitrogens with zero attached hydrogens (tertiary/aromatic N) is 7. The van der Waals surface area contributed by atoms with Crippen molar-refractivity contribution < 1.29 is 9.26 Å². The topological polar surface area (TPSA) is 143 Å². The molecule has 11 heteroatoms. The van der Waals surface area contributed by atoms with Crippen molar-refractivity contribution in [2.24, 2.45) is 0 Å². The molecule has 11 nitrogen and oxygen atoms in total. The molecule has 5 rings (SSSR count). The number of aromatic nitrogens is 7. The minimum Gasteiger partial charge on any atom is -0.495 e. The lowest BCUT2D eigenvalue weighted by Crippen LogP contribution is -2.26. The molecule has 1 aliphatic heterocycles. The Bertz CT molecular complexity index is 1260. The van der Waals surface area contributed by atoms with Crippen LogP contribution < -0.4 is 15.8 Å². The van der Waals surface area contributed by atoms with E-state index in [1.807, 2.05) is 10.9 Å². The molecule has 0 bridgehead atoms. The molecule has 172 valence electrons. The molecular formula is C22H27N9O2. The minimum atomic E-state index is 0.211. The zero-order valence-corrected chi connectivity index (χ0v) is 18.8. The Hall–Kier alpha value is -3.60.